The van der Waals surface area contributed by atoms with Gasteiger partial charge in [0.15, 0.2) is 0 Å². The van der Waals surface area contributed by atoms with Gasteiger partial charge in [0.2, 0.25) is 5.12 Å². The van der Waals surface area contributed by atoms with Crippen molar-refractivity contribution in [2.24, 2.45) is 0 Å². The maximum atomic E-state index is 11.7. The molecule has 1 aromatic rings. The van der Waals surface area contributed by atoms with Crippen molar-refractivity contribution in [1.82, 2.24) is 5.32 Å². The minimum absolute atomic E-state index is 0.140. The predicted octanol–water partition coefficient (Wildman–Crippen LogP) is 2.47. The van der Waals surface area contributed by atoms with E-state index in [1.807, 2.05) is 37.3 Å². The molecule has 0 spiro atoms. The molecule has 1 N–H and O–H groups in total. The fourth-order valence-electron chi connectivity index (χ4n) is 1.18. The van der Waals surface area contributed by atoms with Crippen molar-refractivity contribution in [1.29, 1.82) is 0 Å². The summed E-state index contributed by atoms with van der Waals surface area (Å²) < 4.78 is 0. The van der Waals surface area contributed by atoms with Crippen molar-refractivity contribution < 1.29 is 4.79 Å². The van der Waals surface area contributed by atoms with Crippen molar-refractivity contribution in [2.75, 3.05) is 18.8 Å². The second kappa shape index (κ2) is 7.76. The Hall–Kier alpha value is -0.450. The normalized spacial score (nSPS) is 12.4. The first-order valence-corrected chi connectivity index (χ1v) is 6.81. The third kappa shape index (κ3) is 5.58. The van der Waals surface area contributed by atoms with Crippen LogP contribution >= 0.6 is 24.4 Å². The van der Waals surface area contributed by atoms with Crippen LogP contribution < -0.4 is 5.32 Å². The van der Waals surface area contributed by atoms with Crippen molar-refractivity contribution in [3.8, 4) is 0 Å². The predicted molar refractivity (Wildman–Crippen MR) is 74.5 cm³/mol. The molecule has 1 unspecified atom stereocenters. The van der Waals surface area contributed by atoms with Crippen LogP contribution in [0.25, 0.3) is 0 Å². The Labute approximate surface area is 107 Å². The Bertz CT molecular complexity index is 314. The summed E-state index contributed by atoms with van der Waals surface area (Å²) >= 11 is 5.62. The lowest BCUT2D eigenvalue weighted by atomic mass is 10.2. The highest BCUT2D eigenvalue weighted by molar-refractivity contribution is 8.14. The van der Waals surface area contributed by atoms with E-state index < -0.39 is 0 Å². The molecule has 0 heterocycles. The van der Waals surface area contributed by atoms with E-state index in [1.165, 1.54) is 11.8 Å². The van der Waals surface area contributed by atoms with Crippen molar-refractivity contribution in [3.63, 3.8) is 0 Å². The Morgan fingerprint density at radius 2 is 2.12 bits per heavy atom. The molecule has 0 aliphatic carbocycles. The SMILES string of the molecule is CC(S)CNCCSC(=O)c1ccccc1. The Morgan fingerprint density at radius 3 is 2.75 bits per heavy atom. The Morgan fingerprint density at radius 1 is 1.44 bits per heavy atom. The third-order valence-electron chi connectivity index (χ3n) is 1.96. The summed E-state index contributed by atoms with van der Waals surface area (Å²) in [4.78, 5) is 11.7. The summed E-state index contributed by atoms with van der Waals surface area (Å²) in [5.74, 6) is 0.800. The van der Waals surface area contributed by atoms with Crippen LogP contribution in [0.2, 0.25) is 0 Å². The molecule has 1 atom stereocenters. The van der Waals surface area contributed by atoms with E-state index in [1.54, 1.807) is 0 Å². The highest BCUT2D eigenvalue weighted by Crippen LogP contribution is 2.11. The first-order valence-electron chi connectivity index (χ1n) is 5.31. The molecule has 0 saturated heterocycles. The van der Waals surface area contributed by atoms with Gasteiger partial charge in [0.1, 0.15) is 0 Å². The lowest BCUT2D eigenvalue weighted by molar-refractivity contribution is 0.108. The van der Waals surface area contributed by atoms with Gasteiger partial charge in [0, 0.05) is 29.7 Å². The number of thiol groups is 1. The van der Waals surface area contributed by atoms with Gasteiger partial charge >= 0.3 is 0 Å². The lowest BCUT2D eigenvalue weighted by Crippen LogP contribution is -2.24. The molecule has 0 aromatic heterocycles. The zero-order valence-corrected chi connectivity index (χ0v) is 11.1. The number of hydrogen-bond acceptors (Lipinski definition) is 4. The number of benzene rings is 1. The van der Waals surface area contributed by atoms with Gasteiger partial charge in [-0.15, -0.1) is 0 Å². The quantitative estimate of drug-likeness (QED) is 0.604. The van der Waals surface area contributed by atoms with Crippen LogP contribution in [0.4, 0.5) is 0 Å². The summed E-state index contributed by atoms with van der Waals surface area (Å²) in [7, 11) is 0. The third-order valence-corrected chi connectivity index (χ3v) is 3.05. The molecule has 0 fully saturated rings. The van der Waals surface area contributed by atoms with Crippen LogP contribution in [0.3, 0.4) is 0 Å². The van der Waals surface area contributed by atoms with Gasteiger partial charge in [-0.3, -0.25) is 4.79 Å². The van der Waals surface area contributed by atoms with Crippen molar-refractivity contribution in [3.05, 3.63) is 35.9 Å². The number of rotatable bonds is 6. The summed E-state index contributed by atoms with van der Waals surface area (Å²) in [6.45, 7) is 3.76. The fraction of sp³-hybridized carbons (Fsp3) is 0.417. The van der Waals surface area contributed by atoms with E-state index in [2.05, 4.69) is 17.9 Å². The largest absolute Gasteiger partial charge is 0.315 e. The summed E-state index contributed by atoms with van der Waals surface area (Å²) in [5.41, 5.74) is 0.773. The van der Waals surface area contributed by atoms with E-state index in [0.29, 0.717) is 5.25 Å². The van der Waals surface area contributed by atoms with Crippen LogP contribution in [-0.2, 0) is 0 Å². The van der Waals surface area contributed by atoms with Gasteiger partial charge in [-0.25, -0.2) is 0 Å². The molecule has 0 bridgehead atoms. The molecule has 0 amide bonds. The highest BCUT2D eigenvalue weighted by atomic mass is 32.2. The van der Waals surface area contributed by atoms with Crippen molar-refractivity contribution >= 4 is 29.5 Å². The number of nitrogens with one attached hydrogen (secondary N) is 1. The smallest absolute Gasteiger partial charge is 0.219 e. The minimum Gasteiger partial charge on any atom is -0.315 e. The molecule has 1 rings (SSSR count). The first-order chi connectivity index (χ1) is 7.70. The summed E-state index contributed by atoms with van der Waals surface area (Å²) in [5, 5.41) is 3.74. The van der Waals surface area contributed by atoms with Gasteiger partial charge in [0.25, 0.3) is 0 Å². The van der Waals surface area contributed by atoms with E-state index in [0.717, 1.165) is 24.4 Å². The Balaban J connectivity index is 2.16. The number of carbonyl (C=O) groups excluding carboxylic acids is 1. The molecule has 16 heavy (non-hydrogen) atoms. The van der Waals surface area contributed by atoms with Crippen LogP contribution in [0.5, 0.6) is 0 Å². The van der Waals surface area contributed by atoms with Crippen LogP contribution in [-0.4, -0.2) is 29.2 Å². The molecule has 2 nitrogen and oxygen atoms in total. The van der Waals surface area contributed by atoms with Gasteiger partial charge in [-0.1, -0.05) is 49.0 Å². The van der Waals surface area contributed by atoms with E-state index >= 15 is 0 Å². The second-order valence-corrected chi connectivity index (χ2v) is 5.50. The number of thioether (sulfide) groups is 1. The Kier molecular flexibility index (Phi) is 6.61. The van der Waals surface area contributed by atoms with Crippen LogP contribution in [0.15, 0.2) is 30.3 Å². The zero-order valence-electron chi connectivity index (χ0n) is 9.35. The molecule has 0 radical (unpaired) electrons. The van der Waals surface area contributed by atoms with Gasteiger partial charge in [-0.05, 0) is 0 Å². The van der Waals surface area contributed by atoms with Crippen molar-refractivity contribution in [2.45, 2.75) is 12.2 Å². The van der Waals surface area contributed by atoms with E-state index in [-0.39, 0.29) is 5.12 Å². The molecule has 88 valence electrons. The lowest BCUT2D eigenvalue weighted by Gasteiger charge is -2.05. The average Bonchev–Trinajstić information content (AvgIpc) is 2.29. The monoisotopic (exact) mass is 255 g/mol. The summed E-state index contributed by atoms with van der Waals surface area (Å²) in [6.07, 6.45) is 0. The first kappa shape index (κ1) is 13.6. The molecular formula is C12H17NOS2. The minimum atomic E-state index is 0.140. The molecule has 4 heteroatoms. The maximum Gasteiger partial charge on any atom is 0.219 e. The molecule has 1 aromatic carbocycles. The zero-order chi connectivity index (χ0) is 11.8. The number of carbonyl (C=O) groups is 1. The molecule has 0 aliphatic heterocycles. The topological polar surface area (TPSA) is 29.1 Å². The summed E-state index contributed by atoms with van der Waals surface area (Å²) in [6, 6.07) is 9.37. The molecular weight excluding hydrogens is 238 g/mol. The van der Waals surface area contributed by atoms with Gasteiger partial charge < -0.3 is 5.32 Å². The van der Waals surface area contributed by atoms with E-state index in [4.69, 9.17) is 0 Å². The van der Waals surface area contributed by atoms with Gasteiger partial charge in [-0.2, -0.15) is 12.6 Å². The number of hydrogen-bond donors (Lipinski definition) is 2. The van der Waals surface area contributed by atoms with Crippen LogP contribution in [0.1, 0.15) is 17.3 Å². The highest BCUT2D eigenvalue weighted by Gasteiger charge is 2.04. The maximum absolute atomic E-state index is 11.7. The van der Waals surface area contributed by atoms with Gasteiger partial charge in [0.05, 0.1) is 0 Å². The van der Waals surface area contributed by atoms with Crippen LogP contribution in [0, 0.1) is 0 Å². The second-order valence-electron chi connectivity index (χ2n) is 3.56. The molecule has 0 aliphatic rings. The average molecular weight is 255 g/mol. The fourth-order valence-corrected chi connectivity index (χ4v) is 2.05. The van der Waals surface area contributed by atoms with E-state index in [9.17, 15) is 4.79 Å². The standard InChI is InChI=1S/C12H17NOS2/c1-10(15)9-13-7-8-16-12(14)11-5-3-2-4-6-11/h2-6,10,13,15H,7-9H2,1H3. The molecule has 0 saturated carbocycles.